The SMILES string of the molecule is CCCCC(O)C1CCC(C)CC1C. The third-order valence-electron chi connectivity index (χ3n) is 3.85. The van der Waals surface area contributed by atoms with Crippen molar-refractivity contribution in [1.82, 2.24) is 0 Å². The first-order valence-corrected chi connectivity index (χ1v) is 6.33. The van der Waals surface area contributed by atoms with Crippen molar-refractivity contribution in [3.05, 3.63) is 0 Å². The molecule has 0 aromatic rings. The van der Waals surface area contributed by atoms with Gasteiger partial charge in [0, 0.05) is 0 Å². The molecule has 1 nitrogen and oxygen atoms in total. The Balaban J connectivity index is 2.35. The molecule has 0 radical (unpaired) electrons. The van der Waals surface area contributed by atoms with E-state index in [1.807, 2.05) is 0 Å². The van der Waals surface area contributed by atoms with E-state index in [0.29, 0.717) is 5.92 Å². The maximum atomic E-state index is 10.1. The number of hydrogen-bond donors (Lipinski definition) is 1. The summed E-state index contributed by atoms with van der Waals surface area (Å²) in [6.45, 7) is 6.85. The van der Waals surface area contributed by atoms with Crippen molar-refractivity contribution in [1.29, 1.82) is 0 Å². The number of hydrogen-bond acceptors (Lipinski definition) is 1. The molecule has 0 saturated heterocycles. The molecule has 0 aliphatic heterocycles. The molecule has 1 rings (SSSR count). The minimum atomic E-state index is -0.0301. The maximum Gasteiger partial charge on any atom is 0.0570 e. The standard InChI is InChI=1S/C13H26O/c1-4-5-6-13(14)12-8-7-10(2)9-11(12)3/h10-14H,4-9H2,1-3H3. The zero-order valence-corrected chi connectivity index (χ0v) is 10.00. The lowest BCUT2D eigenvalue weighted by Gasteiger charge is -2.35. The Kier molecular flexibility index (Phi) is 4.94. The Morgan fingerprint density at radius 1 is 1.29 bits per heavy atom. The van der Waals surface area contributed by atoms with Crippen molar-refractivity contribution in [3.8, 4) is 0 Å². The molecule has 1 saturated carbocycles. The molecule has 84 valence electrons. The molecule has 4 atom stereocenters. The lowest BCUT2D eigenvalue weighted by Crippen LogP contribution is -2.31. The fraction of sp³-hybridized carbons (Fsp3) is 1.00. The number of aliphatic hydroxyl groups excluding tert-OH is 1. The fourth-order valence-electron chi connectivity index (χ4n) is 2.89. The number of unbranched alkanes of at least 4 members (excludes halogenated alkanes) is 1. The lowest BCUT2D eigenvalue weighted by molar-refractivity contribution is 0.0348. The second-order valence-corrected chi connectivity index (χ2v) is 5.27. The van der Waals surface area contributed by atoms with Crippen LogP contribution in [-0.4, -0.2) is 11.2 Å². The van der Waals surface area contributed by atoms with Crippen LogP contribution < -0.4 is 0 Å². The molecule has 0 amide bonds. The van der Waals surface area contributed by atoms with E-state index < -0.39 is 0 Å². The molecule has 14 heavy (non-hydrogen) atoms. The zero-order chi connectivity index (χ0) is 10.6. The largest absolute Gasteiger partial charge is 0.393 e. The molecule has 1 aliphatic rings. The van der Waals surface area contributed by atoms with Gasteiger partial charge in [0.1, 0.15) is 0 Å². The first-order chi connectivity index (χ1) is 6.65. The van der Waals surface area contributed by atoms with Gasteiger partial charge in [-0.2, -0.15) is 0 Å². The van der Waals surface area contributed by atoms with Gasteiger partial charge >= 0.3 is 0 Å². The maximum absolute atomic E-state index is 10.1. The third-order valence-corrected chi connectivity index (χ3v) is 3.85. The van der Waals surface area contributed by atoms with Crippen LogP contribution in [0.2, 0.25) is 0 Å². The molecular weight excluding hydrogens is 172 g/mol. The van der Waals surface area contributed by atoms with Crippen LogP contribution in [0.25, 0.3) is 0 Å². The molecule has 0 aromatic heterocycles. The highest BCUT2D eigenvalue weighted by Gasteiger charge is 2.29. The Bertz CT molecular complexity index is 155. The van der Waals surface area contributed by atoms with Gasteiger partial charge in [-0.1, -0.05) is 40.0 Å². The Hall–Kier alpha value is -0.0400. The minimum absolute atomic E-state index is 0.0301. The van der Waals surface area contributed by atoms with Gasteiger partial charge in [-0.25, -0.2) is 0 Å². The van der Waals surface area contributed by atoms with Gasteiger partial charge in [0.15, 0.2) is 0 Å². The highest BCUT2D eigenvalue weighted by Crippen LogP contribution is 2.36. The van der Waals surface area contributed by atoms with Gasteiger partial charge < -0.3 is 5.11 Å². The summed E-state index contributed by atoms with van der Waals surface area (Å²) in [5.74, 6) is 2.18. The van der Waals surface area contributed by atoms with E-state index in [9.17, 15) is 5.11 Å². The fourth-order valence-corrected chi connectivity index (χ4v) is 2.89. The van der Waals surface area contributed by atoms with Crippen LogP contribution in [-0.2, 0) is 0 Å². The second-order valence-electron chi connectivity index (χ2n) is 5.27. The monoisotopic (exact) mass is 198 g/mol. The van der Waals surface area contributed by atoms with Crippen LogP contribution in [0.5, 0.6) is 0 Å². The van der Waals surface area contributed by atoms with Crippen LogP contribution in [0.15, 0.2) is 0 Å². The summed E-state index contributed by atoms with van der Waals surface area (Å²) in [7, 11) is 0. The molecule has 4 unspecified atom stereocenters. The van der Waals surface area contributed by atoms with Gasteiger partial charge in [0.25, 0.3) is 0 Å². The molecule has 0 bridgehead atoms. The summed E-state index contributed by atoms with van der Waals surface area (Å²) in [5, 5.41) is 10.1. The molecule has 0 spiro atoms. The Morgan fingerprint density at radius 3 is 2.57 bits per heavy atom. The zero-order valence-electron chi connectivity index (χ0n) is 10.00. The highest BCUT2D eigenvalue weighted by atomic mass is 16.3. The van der Waals surface area contributed by atoms with Crippen molar-refractivity contribution in [2.45, 2.75) is 65.4 Å². The molecule has 1 aliphatic carbocycles. The Morgan fingerprint density at radius 2 is 2.00 bits per heavy atom. The van der Waals surface area contributed by atoms with Crippen molar-refractivity contribution in [2.75, 3.05) is 0 Å². The Labute approximate surface area is 88.9 Å². The van der Waals surface area contributed by atoms with Gasteiger partial charge in [-0.05, 0) is 37.0 Å². The van der Waals surface area contributed by atoms with Crippen molar-refractivity contribution in [2.24, 2.45) is 17.8 Å². The van der Waals surface area contributed by atoms with Crippen LogP contribution >= 0.6 is 0 Å². The normalized spacial score (nSPS) is 35.6. The van der Waals surface area contributed by atoms with E-state index in [0.717, 1.165) is 18.3 Å². The predicted octanol–water partition coefficient (Wildman–Crippen LogP) is 3.61. The summed E-state index contributed by atoms with van der Waals surface area (Å²) in [6.07, 6.45) is 7.24. The highest BCUT2D eigenvalue weighted by molar-refractivity contribution is 4.80. The van der Waals surface area contributed by atoms with Crippen molar-refractivity contribution >= 4 is 0 Å². The minimum Gasteiger partial charge on any atom is -0.393 e. The smallest absolute Gasteiger partial charge is 0.0570 e. The second kappa shape index (κ2) is 5.75. The quantitative estimate of drug-likeness (QED) is 0.731. The van der Waals surface area contributed by atoms with Gasteiger partial charge in [0.2, 0.25) is 0 Å². The molecule has 0 heterocycles. The van der Waals surface area contributed by atoms with Gasteiger partial charge in [0.05, 0.1) is 6.10 Å². The van der Waals surface area contributed by atoms with Gasteiger partial charge in [-0.3, -0.25) is 0 Å². The average Bonchev–Trinajstić information content (AvgIpc) is 2.14. The molecule has 1 fully saturated rings. The van der Waals surface area contributed by atoms with E-state index in [2.05, 4.69) is 20.8 Å². The average molecular weight is 198 g/mol. The van der Waals surface area contributed by atoms with E-state index in [1.54, 1.807) is 0 Å². The van der Waals surface area contributed by atoms with E-state index in [1.165, 1.54) is 32.1 Å². The lowest BCUT2D eigenvalue weighted by atomic mass is 9.72. The number of rotatable bonds is 4. The topological polar surface area (TPSA) is 20.2 Å². The molecule has 1 heteroatoms. The molecular formula is C13H26O. The van der Waals surface area contributed by atoms with Crippen LogP contribution in [0, 0.1) is 17.8 Å². The van der Waals surface area contributed by atoms with E-state index in [-0.39, 0.29) is 6.10 Å². The van der Waals surface area contributed by atoms with Crippen LogP contribution in [0.3, 0.4) is 0 Å². The summed E-state index contributed by atoms with van der Waals surface area (Å²) in [5.41, 5.74) is 0. The summed E-state index contributed by atoms with van der Waals surface area (Å²) in [4.78, 5) is 0. The predicted molar refractivity (Wildman–Crippen MR) is 61.2 cm³/mol. The van der Waals surface area contributed by atoms with E-state index in [4.69, 9.17) is 0 Å². The van der Waals surface area contributed by atoms with Crippen molar-refractivity contribution < 1.29 is 5.11 Å². The van der Waals surface area contributed by atoms with E-state index >= 15 is 0 Å². The first kappa shape index (κ1) is 12.0. The van der Waals surface area contributed by atoms with Crippen LogP contribution in [0.1, 0.15) is 59.3 Å². The molecule has 1 N–H and O–H groups in total. The first-order valence-electron chi connectivity index (χ1n) is 6.33. The van der Waals surface area contributed by atoms with Crippen LogP contribution in [0.4, 0.5) is 0 Å². The number of aliphatic hydroxyl groups is 1. The summed E-state index contributed by atoms with van der Waals surface area (Å²) in [6, 6.07) is 0. The summed E-state index contributed by atoms with van der Waals surface area (Å²) >= 11 is 0. The third kappa shape index (κ3) is 3.27. The summed E-state index contributed by atoms with van der Waals surface area (Å²) < 4.78 is 0. The van der Waals surface area contributed by atoms with Crippen molar-refractivity contribution in [3.63, 3.8) is 0 Å². The van der Waals surface area contributed by atoms with Gasteiger partial charge in [-0.15, -0.1) is 0 Å². The molecule has 0 aromatic carbocycles.